The van der Waals surface area contributed by atoms with Crippen LogP contribution in [-0.4, -0.2) is 0 Å². The van der Waals surface area contributed by atoms with Crippen LogP contribution in [0.4, 0.5) is 11.4 Å². The van der Waals surface area contributed by atoms with Gasteiger partial charge in [0.1, 0.15) is 0 Å². The minimum absolute atomic E-state index is 0.941. The molecule has 0 bridgehead atoms. The number of benzene rings is 2. The second-order valence-electron chi connectivity index (χ2n) is 4.64. The second-order valence-corrected chi connectivity index (χ2v) is 4.64. The first kappa shape index (κ1) is 12.5. The van der Waals surface area contributed by atoms with E-state index < -0.39 is 0 Å². The highest BCUT2D eigenvalue weighted by Crippen LogP contribution is 2.26. The maximum Gasteiger partial charge on any atom is 0.0888 e. The van der Waals surface area contributed by atoms with E-state index in [9.17, 15) is 0 Å². The van der Waals surface area contributed by atoms with Crippen LogP contribution in [0.25, 0.3) is 0 Å². The molecule has 0 radical (unpaired) electrons. The Hall–Kier alpha value is -1.96. The first-order chi connectivity index (χ1) is 8.59. The summed E-state index contributed by atoms with van der Waals surface area (Å²) in [5, 5.41) is 8.73. The van der Waals surface area contributed by atoms with Gasteiger partial charge in [-0.1, -0.05) is 24.3 Å². The number of hydrogen-bond donors (Lipinski definition) is 0. The minimum Gasteiger partial charge on any atom is -0.150 e. The molecule has 2 aromatic rings. The molecule has 2 aromatic carbocycles. The molecule has 0 aliphatic rings. The van der Waals surface area contributed by atoms with Gasteiger partial charge >= 0.3 is 0 Å². The summed E-state index contributed by atoms with van der Waals surface area (Å²) in [6, 6.07) is 12.2. The van der Waals surface area contributed by atoms with E-state index >= 15 is 0 Å². The molecule has 0 spiro atoms. The summed E-state index contributed by atoms with van der Waals surface area (Å²) < 4.78 is 0. The molecule has 0 unspecified atom stereocenters. The lowest BCUT2D eigenvalue weighted by Gasteiger charge is -2.04. The van der Waals surface area contributed by atoms with E-state index in [1.165, 1.54) is 22.3 Å². The highest BCUT2D eigenvalue weighted by molar-refractivity contribution is 5.51. The lowest BCUT2D eigenvalue weighted by atomic mass is 10.1. The van der Waals surface area contributed by atoms with Crippen molar-refractivity contribution >= 4 is 11.4 Å². The first-order valence-corrected chi connectivity index (χ1v) is 6.14. The van der Waals surface area contributed by atoms with Crippen molar-refractivity contribution in [2.24, 2.45) is 10.2 Å². The molecular formula is C16H18N2. The van der Waals surface area contributed by atoms with Crippen molar-refractivity contribution in [1.82, 2.24) is 0 Å². The van der Waals surface area contributed by atoms with Gasteiger partial charge in [-0.05, 0) is 62.1 Å². The summed E-state index contributed by atoms with van der Waals surface area (Å²) in [6.45, 7) is 8.33. The number of rotatable bonds is 2. The molecule has 0 fully saturated rings. The van der Waals surface area contributed by atoms with Gasteiger partial charge in [0.2, 0.25) is 0 Å². The molecule has 0 saturated carbocycles. The van der Waals surface area contributed by atoms with Crippen molar-refractivity contribution in [3.63, 3.8) is 0 Å². The minimum atomic E-state index is 0.941. The van der Waals surface area contributed by atoms with Crippen LogP contribution in [-0.2, 0) is 0 Å². The smallest absolute Gasteiger partial charge is 0.0888 e. The Morgan fingerprint density at radius 3 is 1.39 bits per heavy atom. The molecular weight excluding hydrogens is 220 g/mol. The molecule has 92 valence electrons. The predicted molar refractivity (Wildman–Crippen MR) is 76.0 cm³/mol. The van der Waals surface area contributed by atoms with Gasteiger partial charge in [0.25, 0.3) is 0 Å². The van der Waals surface area contributed by atoms with Crippen molar-refractivity contribution in [2.45, 2.75) is 27.7 Å². The van der Waals surface area contributed by atoms with Crippen LogP contribution in [0.2, 0.25) is 0 Å². The van der Waals surface area contributed by atoms with Gasteiger partial charge in [0, 0.05) is 0 Å². The maximum absolute atomic E-state index is 4.36. The predicted octanol–water partition coefficient (Wildman–Crippen LogP) is 5.34. The molecule has 0 N–H and O–H groups in total. The zero-order chi connectivity index (χ0) is 13.1. The Kier molecular flexibility index (Phi) is 3.56. The first-order valence-electron chi connectivity index (χ1n) is 6.14. The average molecular weight is 238 g/mol. The number of azo groups is 1. The number of hydrogen-bond acceptors (Lipinski definition) is 2. The van der Waals surface area contributed by atoms with Crippen molar-refractivity contribution in [3.05, 3.63) is 58.7 Å². The van der Waals surface area contributed by atoms with Crippen LogP contribution in [0.1, 0.15) is 22.3 Å². The monoisotopic (exact) mass is 238 g/mol. The lowest BCUT2D eigenvalue weighted by molar-refractivity contribution is 1.17. The van der Waals surface area contributed by atoms with Gasteiger partial charge in [-0.15, -0.1) is 0 Å². The molecule has 18 heavy (non-hydrogen) atoms. The Labute approximate surface area is 108 Å². The van der Waals surface area contributed by atoms with Crippen LogP contribution < -0.4 is 0 Å². The normalized spacial score (nSPS) is 11.1. The molecule has 0 aliphatic heterocycles. The molecule has 0 atom stereocenters. The third-order valence-corrected chi connectivity index (χ3v) is 3.42. The molecule has 0 aromatic heterocycles. The van der Waals surface area contributed by atoms with Crippen molar-refractivity contribution in [1.29, 1.82) is 0 Å². The van der Waals surface area contributed by atoms with E-state index in [-0.39, 0.29) is 0 Å². The van der Waals surface area contributed by atoms with Crippen LogP contribution in [0, 0.1) is 27.7 Å². The summed E-state index contributed by atoms with van der Waals surface area (Å²) in [5.41, 5.74) is 6.74. The van der Waals surface area contributed by atoms with Gasteiger partial charge in [-0.3, -0.25) is 0 Å². The van der Waals surface area contributed by atoms with Gasteiger partial charge < -0.3 is 0 Å². The average Bonchev–Trinajstić information content (AvgIpc) is 2.36. The Morgan fingerprint density at radius 2 is 1.00 bits per heavy atom. The fourth-order valence-corrected chi connectivity index (χ4v) is 1.80. The Balaban J connectivity index is 2.36. The zero-order valence-electron chi connectivity index (χ0n) is 11.4. The largest absolute Gasteiger partial charge is 0.150 e. The molecule has 0 saturated heterocycles. The highest BCUT2D eigenvalue weighted by atomic mass is 15.1. The van der Waals surface area contributed by atoms with Gasteiger partial charge in [-0.25, -0.2) is 0 Å². The third-order valence-electron chi connectivity index (χ3n) is 3.42. The molecule has 0 heterocycles. The van der Waals surface area contributed by atoms with Gasteiger partial charge in [0.05, 0.1) is 11.4 Å². The molecule has 2 heteroatoms. The van der Waals surface area contributed by atoms with E-state index in [2.05, 4.69) is 50.1 Å². The van der Waals surface area contributed by atoms with Gasteiger partial charge in [0.15, 0.2) is 0 Å². The summed E-state index contributed by atoms with van der Waals surface area (Å²) in [5.74, 6) is 0. The number of aryl methyl sites for hydroxylation is 2. The van der Waals surface area contributed by atoms with Crippen LogP contribution in [0.3, 0.4) is 0 Å². The fraction of sp³-hybridized carbons (Fsp3) is 0.250. The fourth-order valence-electron chi connectivity index (χ4n) is 1.80. The summed E-state index contributed by atoms with van der Waals surface area (Å²) in [6.07, 6.45) is 0. The standard InChI is InChI=1S/C16H18N2/c1-11-7-5-9-15(13(11)3)17-18-16-10-6-8-12(2)14(16)4/h5-10H,1-4H3/b18-17+. The summed E-state index contributed by atoms with van der Waals surface area (Å²) >= 11 is 0. The quantitative estimate of drug-likeness (QED) is 0.631. The van der Waals surface area contributed by atoms with Crippen molar-refractivity contribution in [2.75, 3.05) is 0 Å². The van der Waals surface area contributed by atoms with Gasteiger partial charge in [-0.2, -0.15) is 10.2 Å². The van der Waals surface area contributed by atoms with E-state index in [1.54, 1.807) is 0 Å². The van der Waals surface area contributed by atoms with Crippen LogP contribution in [0.5, 0.6) is 0 Å². The molecule has 2 rings (SSSR count). The van der Waals surface area contributed by atoms with Crippen LogP contribution >= 0.6 is 0 Å². The third kappa shape index (κ3) is 2.48. The van der Waals surface area contributed by atoms with Crippen molar-refractivity contribution < 1.29 is 0 Å². The highest BCUT2D eigenvalue weighted by Gasteiger charge is 2.01. The SMILES string of the molecule is Cc1cccc(/N=N/c2cccc(C)c2C)c1C. The topological polar surface area (TPSA) is 24.7 Å². The van der Waals surface area contributed by atoms with E-state index in [1.807, 2.05) is 24.3 Å². The Bertz CT molecular complexity index is 545. The maximum atomic E-state index is 4.36. The molecule has 0 aliphatic carbocycles. The summed E-state index contributed by atoms with van der Waals surface area (Å²) in [4.78, 5) is 0. The Morgan fingerprint density at radius 1 is 0.611 bits per heavy atom. The number of nitrogens with zero attached hydrogens (tertiary/aromatic N) is 2. The van der Waals surface area contributed by atoms with Crippen molar-refractivity contribution in [3.8, 4) is 0 Å². The van der Waals surface area contributed by atoms with Crippen LogP contribution in [0.15, 0.2) is 46.6 Å². The van der Waals surface area contributed by atoms with E-state index in [4.69, 9.17) is 0 Å². The van der Waals surface area contributed by atoms with E-state index in [0.29, 0.717) is 0 Å². The van der Waals surface area contributed by atoms with E-state index in [0.717, 1.165) is 11.4 Å². The second kappa shape index (κ2) is 5.13. The molecule has 0 amide bonds. The zero-order valence-corrected chi connectivity index (χ0v) is 11.4. The summed E-state index contributed by atoms with van der Waals surface area (Å²) in [7, 11) is 0. The lowest BCUT2D eigenvalue weighted by Crippen LogP contribution is -1.81. The molecule has 2 nitrogen and oxygen atoms in total.